The number of hydrogen-bond donors (Lipinski definition) is 3. The second-order valence-electron chi connectivity index (χ2n) is 8.71. The molecular weight excluding hydrogens is 690 g/mol. The van der Waals surface area contributed by atoms with Crippen LogP contribution in [0.5, 0.6) is 23.0 Å². The van der Waals surface area contributed by atoms with Crippen LogP contribution in [-0.2, 0) is 10.3 Å². The molecule has 38 heavy (non-hydrogen) atoms. The Labute approximate surface area is 239 Å². The number of hydrogen-bond acceptors (Lipinski definition) is 10. The maximum atomic E-state index is 13.3. The van der Waals surface area contributed by atoms with E-state index in [9.17, 15) is 24.9 Å². The van der Waals surface area contributed by atoms with Gasteiger partial charge in [-0.2, -0.15) is 0 Å². The summed E-state index contributed by atoms with van der Waals surface area (Å²) in [5.41, 5.74) is 0.454. The van der Waals surface area contributed by atoms with Crippen LogP contribution in [0.3, 0.4) is 0 Å². The fraction of sp³-hybridized carbons (Fsp3) is 0.200. The minimum atomic E-state index is -1.82. The molecule has 0 aliphatic carbocycles. The minimum absolute atomic E-state index is 0.0440. The Bertz CT molecular complexity index is 1470. The topological polar surface area (TPSA) is 113 Å². The maximum absolute atomic E-state index is 13.3. The Balaban J connectivity index is 1.58. The van der Waals surface area contributed by atoms with Gasteiger partial charge in [-0.1, -0.05) is 0 Å². The van der Waals surface area contributed by atoms with Gasteiger partial charge in [0.05, 0.1) is 0 Å². The van der Waals surface area contributed by atoms with E-state index < -0.39 is 42.2 Å². The Morgan fingerprint density at radius 1 is 0.789 bits per heavy atom. The van der Waals surface area contributed by atoms with E-state index in [1.807, 2.05) is 40.1 Å². The van der Waals surface area contributed by atoms with Gasteiger partial charge >= 0.3 is 242 Å². The molecule has 7 rings (SSSR count). The molecule has 4 aliphatic heterocycles. The SMILES string of the molecule is O=C(O)c1ccc2c(c1)C1(OC2=O)c2ccc(O)c([As]3SCCS3)c2Oc2c1ccc(O)c2[As]1SCCS1. The quantitative estimate of drug-likeness (QED) is 0.274. The van der Waals surface area contributed by atoms with Gasteiger partial charge in [-0.25, -0.2) is 0 Å². The van der Waals surface area contributed by atoms with E-state index in [4.69, 9.17) is 9.47 Å². The molecule has 0 saturated carbocycles. The van der Waals surface area contributed by atoms with Crippen molar-refractivity contribution in [3.05, 3.63) is 70.3 Å². The third-order valence-corrected chi connectivity index (χ3v) is 33.9. The van der Waals surface area contributed by atoms with E-state index in [2.05, 4.69) is 0 Å². The van der Waals surface area contributed by atoms with Crippen molar-refractivity contribution in [1.82, 2.24) is 0 Å². The fourth-order valence-corrected chi connectivity index (χ4v) is 34.7. The monoisotopic (exact) mass is 708 g/mol. The van der Waals surface area contributed by atoms with Gasteiger partial charge in [0.1, 0.15) is 0 Å². The number of carbonyl (C=O) groups is 2. The average molecular weight is 709 g/mol. The number of ether oxygens (including phenoxy) is 2. The van der Waals surface area contributed by atoms with E-state index in [0.29, 0.717) is 33.8 Å². The zero-order valence-electron chi connectivity index (χ0n) is 19.4. The molecule has 0 aromatic heterocycles. The summed E-state index contributed by atoms with van der Waals surface area (Å²) in [6, 6.07) is 11.1. The Morgan fingerprint density at radius 2 is 1.32 bits per heavy atom. The molecule has 0 unspecified atom stereocenters. The van der Waals surface area contributed by atoms with Crippen LogP contribution in [0.1, 0.15) is 37.4 Å². The molecule has 7 nitrogen and oxygen atoms in total. The molecule has 1 spiro atoms. The molecular formula is C25H18As2O7S4. The summed E-state index contributed by atoms with van der Waals surface area (Å²) in [5.74, 6) is 3.54. The van der Waals surface area contributed by atoms with Crippen LogP contribution in [0, 0.1) is 0 Å². The van der Waals surface area contributed by atoms with Gasteiger partial charge in [0, 0.05) is 0 Å². The molecule has 4 aliphatic rings. The number of phenolic OH excluding ortho intramolecular Hbond substituents is 2. The number of phenols is 2. The summed E-state index contributed by atoms with van der Waals surface area (Å²) in [6.07, 6.45) is 0. The number of esters is 1. The van der Waals surface area contributed by atoms with E-state index in [1.54, 1.807) is 24.3 Å². The summed E-state index contributed by atoms with van der Waals surface area (Å²) < 4.78 is 14.5. The second-order valence-corrected chi connectivity index (χ2v) is 31.9. The molecule has 3 aromatic rings. The van der Waals surface area contributed by atoms with Crippen LogP contribution >= 0.6 is 40.1 Å². The predicted octanol–water partition coefficient (Wildman–Crippen LogP) is 3.71. The van der Waals surface area contributed by atoms with Crippen molar-refractivity contribution < 1.29 is 34.4 Å². The van der Waals surface area contributed by atoms with Gasteiger partial charge in [0.25, 0.3) is 0 Å². The van der Waals surface area contributed by atoms with Gasteiger partial charge in [0.2, 0.25) is 0 Å². The van der Waals surface area contributed by atoms with E-state index in [1.165, 1.54) is 18.2 Å². The normalized spacial score (nSPS) is 19.6. The van der Waals surface area contributed by atoms with Crippen LogP contribution in [0.4, 0.5) is 0 Å². The Kier molecular flexibility index (Phi) is 6.41. The van der Waals surface area contributed by atoms with Crippen LogP contribution < -0.4 is 13.4 Å². The summed E-state index contributed by atoms with van der Waals surface area (Å²) in [4.78, 5) is 25.3. The molecule has 2 saturated heterocycles. The summed E-state index contributed by atoms with van der Waals surface area (Å²) in [6.45, 7) is 0. The van der Waals surface area contributed by atoms with Crippen LogP contribution in [0.15, 0.2) is 42.5 Å². The summed E-state index contributed by atoms with van der Waals surface area (Å²) in [5, 5.41) is 32.0. The number of rotatable bonds is 3. The fourth-order valence-electron chi connectivity index (χ4n) is 5.09. The predicted molar refractivity (Wildman–Crippen MR) is 156 cm³/mol. The molecule has 0 bridgehead atoms. The molecule has 0 amide bonds. The second kappa shape index (κ2) is 9.56. The summed E-state index contributed by atoms with van der Waals surface area (Å²) >= 11 is -3.64. The number of carboxylic acids is 1. The first-order chi connectivity index (χ1) is 18.4. The number of benzene rings is 3. The molecule has 4 heterocycles. The standard InChI is InChI=1S/C25H18As2O7S4/c28-17-5-3-14-21(19(17)26-35-7-8-36-26)33-22-15(4-6-18(29)20(22)27-37-9-10-38-27)25(14)16-11-12(23(30)31)1-2-13(16)24(32)34-25/h1-6,11,28-29H,7-10H2,(H,30,31). The summed E-state index contributed by atoms with van der Waals surface area (Å²) in [7, 11) is 7.42. The van der Waals surface area contributed by atoms with Crippen molar-refractivity contribution in [3.63, 3.8) is 0 Å². The number of carbonyl (C=O) groups excluding carboxylic acids is 1. The van der Waals surface area contributed by atoms with Crippen molar-refractivity contribution in [2.24, 2.45) is 0 Å². The van der Waals surface area contributed by atoms with Gasteiger partial charge in [-0.15, -0.1) is 0 Å². The zero-order valence-corrected chi connectivity index (χ0v) is 26.4. The number of fused-ring (bicyclic) bond motifs is 6. The van der Waals surface area contributed by atoms with E-state index in [-0.39, 0.29) is 17.1 Å². The van der Waals surface area contributed by atoms with Crippen molar-refractivity contribution >= 4 is 85.4 Å². The van der Waals surface area contributed by atoms with Gasteiger partial charge in [0.15, 0.2) is 0 Å². The number of carboxylic acid groups (broad SMARTS) is 1. The van der Waals surface area contributed by atoms with E-state index in [0.717, 1.165) is 31.7 Å². The van der Waals surface area contributed by atoms with Crippen LogP contribution in [0.25, 0.3) is 0 Å². The first kappa shape index (κ1) is 25.5. The van der Waals surface area contributed by atoms with Crippen molar-refractivity contribution in [3.8, 4) is 23.0 Å². The molecule has 3 aromatic carbocycles. The number of aromatic carboxylic acids is 1. The average Bonchev–Trinajstić information content (AvgIpc) is 3.66. The van der Waals surface area contributed by atoms with Crippen LogP contribution in [0.2, 0.25) is 0 Å². The van der Waals surface area contributed by atoms with Crippen molar-refractivity contribution in [2.75, 3.05) is 23.0 Å². The molecule has 13 heteroatoms. The Hall–Kier alpha value is -1.48. The third kappa shape index (κ3) is 3.69. The zero-order chi connectivity index (χ0) is 26.2. The molecule has 3 N–H and O–H groups in total. The molecule has 194 valence electrons. The first-order valence-corrected chi connectivity index (χ1v) is 26.4. The Morgan fingerprint density at radius 3 is 1.82 bits per heavy atom. The third-order valence-electron chi connectivity index (χ3n) is 6.66. The van der Waals surface area contributed by atoms with Gasteiger partial charge in [-0.3, -0.25) is 0 Å². The molecule has 0 atom stereocenters. The van der Waals surface area contributed by atoms with Crippen LogP contribution in [-0.4, -0.2) is 74.9 Å². The van der Waals surface area contributed by atoms with Gasteiger partial charge in [-0.05, 0) is 0 Å². The molecule has 0 radical (unpaired) electrons. The number of aromatic hydroxyl groups is 2. The first-order valence-electron chi connectivity index (χ1n) is 11.5. The van der Waals surface area contributed by atoms with Crippen molar-refractivity contribution in [2.45, 2.75) is 5.60 Å². The van der Waals surface area contributed by atoms with Gasteiger partial charge < -0.3 is 0 Å². The van der Waals surface area contributed by atoms with E-state index >= 15 is 0 Å². The molecule has 2 fully saturated rings. The van der Waals surface area contributed by atoms with Crippen molar-refractivity contribution in [1.29, 1.82) is 0 Å².